The van der Waals surface area contributed by atoms with E-state index in [1.807, 2.05) is 6.07 Å². The maximum absolute atomic E-state index is 10.7. The number of non-ortho nitro benzene ring substituents is 1. The first-order chi connectivity index (χ1) is 10.7. The molecule has 1 fully saturated rings. The molecule has 0 amide bonds. The number of ether oxygens (including phenoxy) is 1. The minimum Gasteiger partial charge on any atom is -0.384 e. The molecule has 1 aliphatic rings. The van der Waals surface area contributed by atoms with Crippen LogP contribution in [0, 0.1) is 21.4 Å². The van der Waals surface area contributed by atoms with Gasteiger partial charge in [-0.15, -0.1) is 0 Å². The van der Waals surface area contributed by atoms with Crippen LogP contribution in [-0.2, 0) is 4.74 Å². The SMILES string of the molecule is N#Cc1cc([N+](=O)[O-])ccc1NCCCN1CCCOCC1. The van der Waals surface area contributed by atoms with E-state index in [1.165, 1.54) is 12.1 Å². The van der Waals surface area contributed by atoms with E-state index >= 15 is 0 Å². The summed E-state index contributed by atoms with van der Waals surface area (Å²) in [7, 11) is 0. The van der Waals surface area contributed by atoms with Gasteiger partial charge in [0, 0.05) is 38.4 Å². The second-order valence-corrected chi connectivity index (χ2v) is 5.19. The van der Waals surface area contributed by atoms with Crippen molar-refractivity contribution in [1.29, 1.82) is 5.26 Å². The summed E-state index contributed by atoms with van der Waals surface area (Å²) in [6, 6.07) is 6.30. The largest absolute Gasteiger partial charge is 0.384 e. The van der Waals surface area contributed by atoms with E-state index in [2.05, 4.69) is 10.2 Å². The first-order valence-electron chi connectivity index (χ1n) is 7.43. The Kier molecular flexibility index (Phi) is 6.13. The maximum atomic E-state index is 10.7. The van der Waals surface area contributed by atoms with Gasteiger partial charge in [0.25, 0.3) is 5.69 Å². The molecule has 2 rings (SSSR count). The zero-order valence-corrected chi connectivity index (χ0v) is 12.5. The van der Waals surface area contributed by atoms with Gasteiger partial charge in [0.1, 0.15) is 6.07 Å². The molecule has 22 heavy (non-hydrogen) atoms. The van der Waals surface area contributed by atoms with Crippen molar-refractivity contribution in [1.82, 2.24) is 4.90 Å². The minimum absolute atomic E-state index is 0.0633. The van der Waals surface area contributed by atoms with Crippen molar-refractivity contribution in [3.8, 4) is 6.07 Å². The fraction of sp³-hybridized carbons (Fsp3) is 0.533. The molecule has 1 aromatic rings. The first kappa shape index (κ1) is 16.2. The summed E-state index contributed by atoms with van der Waals surface area (Å²) in [6.07, 6.45) is 2.01. The highest BCUT2D eigenvalue weighted by atomic mass is 16.6. The van der Waals surface area contributed by atoms with Crippen LogP contribution in [0.15, 0.2) is 18.2 Å². The van der Waals surface area contributed by atoms with Crippen LogP contribution in [0.4, 0.5) is 11.4 Å². The molecule has 0 bridgehead atoms. The van der Waals surface area contributed by atoms with Crippen LogP contribution in [0.5, 0.6) is 0 Å². The van der Waals surface area contributed by atoms with Crippen molar-refractivity contribution in [2.75, 3.05) is 44.7 Å². The molecule has 0 aliphatic carbocycles. The van der Waals surface area contributed by atoms with Crippen LogP contribution < -0.4 is 5.32 Å². The van der Waals surface area contributed by atoms with Gasteiger partial charge in [-0.2, -0.15) is 5.26 Å². The van der Waals surface area contributed by atoms with Crippen molar-refractivity contribution in [3.05, 3.63) is 33.9 Å². The Labute approximate surface area is 129 Å². The second-order valence-electron chi connectivity index (χ2n) is 5.19. The molecular formula is C15H20N4O3. The predicted octanol–water partition coefficient (Wildman–Crippen LogP) is 1.99. The molecule has 7 nitrogen and oxygen atoms in total. The Morgan fingerprint density at radius 2 is 2.27 bits per heavy atom. The third-order valence-corrected chi connectivity index (χ3v) is 3.62. The zero-order valence-electron chi connectivity index (χ0n) is 12.5. The molecule has 0 atom stereocenters. The van der Waals surface area contributed by atoms with Crippen molar-refractivity contribution in [3.63, 3.8) is 0 Å². The third-order valence-electron chi connectivity index (χ3n) is 3.62. The summed E-state index contributed by atoms with van der Waals surface area (Å²) in [6.45, 7) is 5.34. The Morgan fingerprint density at radius 1 is 1.41 bits per heavy atom. The van der Waals surface area contributed by atoms with Crippen LogP contribution in [0.1, 0.15) is 18.4 Å². The average molecular weight is 304 g/mol. The Balaban J connectivity index is 1.81. The van der Waals surface area contributed by atoms with Gasteiger partial charge < -0.3 is 15.0 Å². The summed E-state index contributed by atoms with van der Waals surface area (Å²) >= 11 is 0. The normalized spacial score (nSPS) is 15.8. The van der Waals surface area contributed by atoms with Gasteiger partial charge in [-0.3, -0.25) is 10.1 Å². The lowest BCUT2D eigenvalue weighted by Gasteiger charge is -2.19. The van der Waals surface area contributed by atoms with Gasteiger partial charge >= 0.3 is 0 Å². The van der Waals surface area contributed by atoms with Crippen molar-refractivity contribution >= 4 is 11.4 Å². The molecule has 0 aromatic heterocycles. The molecule has 1 heterocycles. The Morgan fingerprint density at radius 3 is 3.05 bits per heavy atom. The van der Waals surface area contributed by atoms with Gasteiger partial charge in [-0.1, -0.05) is 0 Å². The fourth-order valence-electron chi connectivity index (χ4n) is 2.44. The number of hydrogen-bond donors (Lipinski definition) is 1. The summed E-state index contributed by atoms with van der Waals surface area (Å²) in [5.41, 5.74) is 0.885. The van der Waals surface area contributed by atoms with Gasteiger partial charge in [-0.25, -0.2) is 0 Å². The highest BCUT2D eigenvalue weighted by Gasteiger charge is 2.11. The molecular weight excluding hydrogens is 284 g/mol. The molecule has 0 radical (unpaired) electrons. The monoisotopic (exact) mass is 304 g/mol. The van der Waals surface area contributed by atoms with Crippen molar-refractivity contribution < 1.29 is 9.66 Å². The molecule has 118 valence electrons. The molecule has 0 unspecified atom stereocenters. The van der Waals surface area contributed by atoms with Crippen LogP contribution in [0.3, 0.4) is 0 Å². The molecule has 1 saturated heterocycles. The van der Waals surface area contributed by atoms with Crippen LogP contribution >= 0.6 is 0 Å². The van der Waals surface area contributed by atoms with E-state index in [0.29, 0.717) is 11.3 Å². The van der Waals surface area contributed by atoms with Crippen molar-refractivity contribution in [2.24, 2.45) is 0 Å². The van der Waals surface area contributed by atoms with Crippen LogP contribution in [-0.4, -0.2) is 49.2 Å². The molecule has 7 heteroatoms. The summed E-state index contributed by atoms with van der Waals surface area (Å²) in [4.78, 5) is 12.6. The van der Waals surface area contributed by atoms with Gasteiger partial charge in [-0.05, 0) is 25.5 Å². The van der Waals surface area contributed by atoms with Crippen molar-refractivity contribution in [2.45, 2.75) is 12.8 Å². The average Bonchev–Trinajstić information content (AvgIpc) is 2.80. The number of nitro benzene ring substituents is 1. The van der Waals surface area contributed by atoms with Crippen LogP contribution in [0.25, 0.3) is 0 Å². The van der Waals surface area contributed by atoms with E-state index in [0.717, 1.165) is 52.2 Å². The number of nitrogens with zero attached hydrogens (tertiary/aromatic N) is 3. The number of nitrogens with one attached hydrogen (secondary N) is 1. The van der Waals surface area contributed by atoms with Crippen LogP contribution in [0.2, 0.25) is 0 Å². The number of nitro groups is 1. The Hall–Kier alpha value is -2.17. The van der Waals surface area contributed by atoms with E-state index in [9.17, 15) is 10.1 Å². The van der Waals surface area contributed by atoms with E-state index in [4.69, 9.17) is 10.00 Å². The number of anilines is 1. The van der Waals surface area contributed by atoms with E-state index in [-0.39, 0.29) is 5.69 Å². The molecule has 0 saturated carbocycles. The molecule has 0 spiro atoms. The van der Waals surface area contributed by atoms with E-state index in [1.54, 1.807) is 6.07 Å². The highest BCUT2D eigenvalue weighted by Crippen LogP contribution is 2.21. The van der Waals surface area contributed by atoms with Gasteiger partial charge in [0.15, 0.2) is 0 Å². The molecule has 1 aromatic carbocycles. The lowest BCUT2D eigenvalue weighted by molar-refractivity contribution is -0.384. The lowest BCUT2D eigenvalue weighted by atomic mass is 10.1. The highest BCUT2D eigenvalue weighted by molar-refractivity contribution is 5.61. The quantitative estimate of drug-likeness (QED) is 0.491. The van der Waals surface area contributed by atoms with E-state index < -0.39 is 4.92 Å². The van der Waals surface area contributed by atoms with Gasteiger partial charge in [0.2, 0.25) is 0 Å². The molecule has 1 N–H and O–H groups in total. The molecule has 1 aliphatic heterocycles. The summed E-state index contributed by atoms with van der Waals surface area (Å²) < 4.78 is 5.41. The number of benzene rings is 1. The Bertz CT molecular complexity index is 548. The minimum atomic E-state index is -0.494. The summed E-state index contributed by atoms with van der Waals surface area (Å²) in [5.74, 6) is 0. The number of rotatable bonds is 6. The fourth-order valence-corrected chi connectivity index (χ4v) is 2.44. The first-order valence-corrected chi connectivity index (χ1v) is 7.43. The lowest BCUT2D eigenvalue weighted by Crippen LogP contribution is -2.28. The topological polar surface area (TPSA) is 91.4 Å². The number of nitriles is 1. The standard InChI is InChI=1S/C15H20N4O3/c16-12-13-11-14(19(20)21)3-4-15(13)17-5-1-6-18-7-2-9-22-10-8-18/h3-4,11,17H,1-2,5-10H2. The smallest absolute Gasteiger partial charge is 0.270 e. The third kappa shape index (κ3) is 4.69. The summed E-state index contributed by atoms with van der Waals surface area (Å²) in [5, 5.41) is 23.0. The second kappa shape index (κ2) is 8.32. The van der Waals surface area contributed by atoms with Gasteiger partial charge in [0.05, 0.1) is 22.8 Å². The zero-order chi connectivity index (χ0) is 15.8. The number of hydrogen-bond acceptors (Lipinski definition) is 6. The maximum Gasteiger partial charge on any atom is 0.270 e. The predicted molar refractivity (Wildman–Crippen MR) is 82.8 cm³/mol.